The van der Waals surface area contributed by atoms with Crippen molar-refractivity contribution in [3.05, 3.63) is 53.0 Å². The summed E-state index contributed by atoms with van der Waals surface area (Å²) in [5.41, 5.74) is 1.36. The van der Waals surface area contributed by atoms with Crippen molar-refractivity contribution in [3.8, 4) is 5.75 Å². The van der Waals surface area contributed by atoms with E-state index in [1.54, 1.807) is 11.0 Å². The summed E-state index contributed by atoms with van der Waals surface area (Å²) in [7, 11) is 0. The zero-order valence-electron chi connectivity index (χ0n) is 16.7. The molecule has 0 saturated carbocycles. The number of rotatable bonds is 6. The van der Waals surface area contributed by atoms with Gasteiger partial charge in [0, 0.05) is 17.6 Å². The second-order valence-corrected chi connectivity index (χ2v) is 8.42. The van der Waals surface area contributed by atoms with Crippen LogP contribution >= 0.6 is 15.9 Å². The minimum Gasteiger partial charge on any atom is -0.489 e. The molecule has 2 saturated heterocycles. The summed E-state index contributed by atoms with van der Waals surface area (Å²) < 4.78 is 12.5. The van der Waals surface area contributed by atoms with Crippen LogP contribution in [-0.2, 0) is 14.3 Å². The number of nitrogens with one attached hydrogen (secondary N) is 1. The second kappa shape index (κ2) is 9.62. The summed E-state index contributed by atoms with van der Waals surface area (Å²) in [6.07, 6.45) is 3.78. The number of nitrogens with zero attached hydrogens (tertiary/aromatic N) is 1. The van der Waals surface area contributed by atoms with Gasteiger partial charge in [-0.1, -0.05) is 24.3 Å². The normalized spacial score (nSPS) is 21.5. The van der Waals surface area contributed by atoms with E-state index in [-0.39, 0.29) is 17.9 Å². The molecule has 30 heavy (non-hydrogen) atoms. The molecule has 2 fully saturated rings. The molecule has 0 aliphatic carbocycles. The molecule has 6 nitrogen and oxygen atoms in total. The fraction of sp³-hybridized carbons (Fsp3) is 0.391. The van der Waals surface area contributed by atoms with Crippen LogP contribution in [0.1, 0.15) is 25.7 Å². The van der Waals surface area contributed by atoms with Crippen LogP contribution in [0.25, 0.3) is 0 Å². The monoisotopic (exact) mass is 472 g/mol. The molecule has 1 N–H and O–H groups in total. The van der Waals surface area contributed by atoms with Crippen LogP contribution in [-0.4, -0.2) is 37.7 Å². The molecule has 7 heteroatoms. The van der Waals surface area contributed by atoms with Gasteiger partial charge >= 0.3 is 0 Å². The molecule has 158 valence electrons. The highest BCUT2D eigenvalue weighted by molar-refractivity contribution is 9.10. The lowest BCUT2D eigenvalue weighted by Crippen LogP contribution is -2.33. The number of para-hydroxylation sites is 3. The van der Waals surface area contributed by atoms with E-state index >= 15 is 0 Å². The highest BCUT2D eigenvalue weighted by Crippen LogP contribution is 2.32. The van der Waals surface area contributed by atoms with Gasteiger partial charge in [0.1, 0.15) is 18.3 Å². The molecular formula is C23H25BrN2O4. The Hall–Kier alpha value is -2.38. The van der Waals surface area contributed by atoms with Gasteiger partial charge in [-0.2, -0.15) is 0 Å². The van der Waals surface area contributed by atoms with Crippen molar-refractivity contribution < 1.29 is 19.1 Å². The number of anilines is 2. The molecule has 2 heterocycles. The number of hydrogen-bond donors (Lipinski definition) is 1. The zero-order valence-corrected chi connectivity index (χ0v) is 18.3. The van der Waals surface area contributed by atoms with Crippen LogP contribution in [0, 0.1) is 5.92 Å². The van der Waals surface area contributed by atoms with Crippen molar-refractivity contribution in [2.24, 2.45) is 5.92 Å². The first kappa shape index (κ1) is 20.9. The van der Waals surface area contributed by atoms with E-state index in [9.17, 15) is 9.59 Å². The van der Waals surface area contributed by atoms with Crippen LogP contribution in [0.2, 0.25) is 0 Å². The molecule has 2 amide bonds. The third-order valence-corrected chi connectivity index (χ3v) is 6.18. The Morgan fingerprint density at radius 2 is 1.93 bits per heavy atom. The fourth-order valence-electron chi connectivity index (χ4n) is 3.87. The van der Waals surface area contributed by atoms with E-state index < -0.39 is 5.92 Å². The van der Waals surface area contributed by atoms with Crippen LogP contribution in [0.3, 0.4) is 0 Å². The van der Waals surface area contributed by atoms with Gasteiger partial charge in [-0.05, 0) is 65.9 Å². The molecule has 2 aliphatic rings. The summed E-state index contributed by atoms with van der Waals surface area (Å²) in [4.78, 5) is 27.5. The van der Waals surface area contributed by atoms with Gasteiger partial charge in [0.25, 0.3) is 0 Å². The predicted octanol–water partition coefficient (Wildman–Crippen LogP) is 4.39. The van der Waals surface area contributed by atoms with Crippen molar-refractivity contribution in [3.63, 3.8) is 0 Å². The van der Waals surface area contributed by atoms with E-state index in [2.05, 4.69) is 21.2 Å². The van der Waals surface area contributed by atoms with Crippen LogP contribution in [0.4, 0.5) is 11.4 Å². The van der Waals surface area contributed by atoms with Crippen molar-refractivity contribution >= 4 is 39.1 Å². The summed E-state index contributed by atoms with van der Waals surface area (Å²) in [6, 6.07) is 14.9. The Labute approximate surface area is 184 Å². The van der Waals surface area contributed by atoms with Crippen molar-refractivity contribution in [2.45, 2.75) is 31.8 Å². The van der Waals surface area contributed by atoms with E-state index in [4.69, 9.17) is 9.47 Å². The molecule has 0 radical (unpaired) electrons. The number of benzene rings is 2. The summed E-state index contributed by atoms with van der Waals surface area (Å²) in [5, 5.41) is 2.89. The SMILES string of the molecule is O=C(Nc1ccccc1OCC1CCCCO1)C1CCN(c2ccccc2Br)C1=O. The Morgan fingerprint density at radius 3 is 2.73 bits per heavy atom. The first-order chi connectivity index (χ1) is 14.6. The maximum atomic E-state index is 12.9. The van der Waals surface area contributed by atoms with E-state index in [1.165, 1.54) is 0 Å². The smallest absolute Gasteiger partial charge is 0.239 e. The van der Waals surface area contributed by atoms with Crippen molar-refractivity contribution in [1.29, 1.82) is 0 Å². The van der Waals surface area contributed by atoms with Gasteiger partial charge in [-0.15, -0.1) is 0 Å². The molecule has 2 aromatic carbocycles. The lowest BCUT2D eigenvalue weighted by Gasteiger charge is -2.23. The minimum absolute atomic E-state index is 0.0804. The van der Waals surface area contributed by atoms with Gasteiger partial charge in [0.15, 0.2) is 0 Å². The first-order valence-corrected chi connectivity index (χ1v) is 11.1. The van der Waals surface area contributed by atoms with Crippen LogP contribution in [0.5, 0.6) is 5.75 Å². The Morgan fingerprint density at radius 1 is 1.13 bits per heavy atom. The van der Waals surface area contributed by atoms with E-state index in [0.29, 0.717) is 31.0 Å². The lowest BCUT2D eigenvalue weighted by molar-refractivity contribution is -0.129. The topological polar surface area (TPSA) is 67.9 Å². The highest BCUT2D eigenvalue weighted by atomic mass is 79.9. The average molecular weight is 473 g/mol. The summed E-state index contributed by atoms with van der Waals surface area (Å²) in [6.45, 7) is 1.73. The maximum absolute atomic E-state index is 12.9. The van der Waals surface area contributed by atoms with Gasteiger partial charge in [-0.25, -0.2) is 0 Å². The number of halogens is 1. The molecular weight excluding hydrogens is 448 g/mol. The Bertz CT molecular complexity index is 914. The number of hydrogen-bond acceptors (Lipinski definition) is 4. The number of carbonyl (C=O) groups is 2. The Balaban J connectivity index is 1.40. The van der Waals surface area contributed by atoms with Gasteiger partial charge in [-0.3, -0.25) is 9.59 Å². The molecule has 2 aliphatic heterocycles. The number of ether oxygens (including phenoxy) is 2. The molecule has 0 bridgehead atoms. The predicted molar refractivity (Wildman–Crippen MR) is 119 cm³/mol. The average Bonchev–Trinajstić information content (AvgIpc) is 3.15. The highest BCUT2D eigenvalue weighted by Gasteiger charge is 2.38. The van der Waals surface area contributed by atoms with Crippen molar-refractivity contribution in [2.75, 3.05) is 30.0 Å². The fourth-order valence-corrected chi connectivity index (χ4v) is 4.37. The lowest BCUT2D eigenvalue weighted by atomic mass is 10.1. The zero-order chi connectivity index (χ0) is 20.9. The second-order valence-electron chi connectivity index (χ2n) is 7.57. The molecule has 0 aromatic heterocycles. The molecule has 2 unspecified atom stereocenters. The Kier molecular flexibility index (Phi) is 6.69. The van der Waals surface area contributed by atoms with Gasteiger partial charge < -0.3 is 19.7 Å². The van der Waals surface area contributed by atoms with Crippen molar-refractivity contribution in [1.82, 2.24) is 0 Å². The summed E-state index contributed by atoms with van der Waals surface area (Å²) in [5.74, 6) is -0.618. The summed E-state index contributed by atoms with van der Waals surface area (Å²) >= 11 is 3.48. The first-order valence-electron chi connectivity index (χ1n) is 10.3. The molecule has 2 aromatic rings. The maximum Gasteiger partial charge on any atom is 0.239 e. The van der Waals surface area contributed by atoms with E-state index in [1.807, 2.05) is 42.5 Å². The molecule has 0 spiro atoms. The van der Waals surface area contributed by atoms with Gasteiger partial charge in [0.05, 0.1) is 17.5 Å². The largest absolute Gasteiger partial charge is 0.489 e. The molecule has 2 atom stereocenters. The van der Waals surface area contributed by atoms with Crippen LogP contribution < -0.4 is 15.0 Å². The standard InChI is InChI=1S/C23H25BrN2O4/c24-18-8-1-3-10-20(18)26-13-12-17(23(26)28)22(27)25-19-9-2-4-11-21(19)30-15-16-7-5-6-14-29-16/h1-4,8-11,16-17H,5-7,12-15H2,(H,25,27). The third-order valence-electron chi connectivity index (χ3n) is 5.51. The quantitative estimate of drug-likeness (QED) is 0.633. The van der Waals surface area contributed by atoms with E-state index in [0.717, 1.165) is 36.0 Å². The van der Waals surface area contributed by atoms with Gasteiger partial charge in [0.2, 0.25) is 11.8 Å². The third kappa shape index (κ3) is 4.68. The van der Waals surface area contributed by atoms with Crippen LogP contribution in [0.15, 0.2) is 53.0 Å². The number of amides is 2. The molecule has 4 rings (SSSR count). The number of carbonyl (C=O) groups excluding carboxylic acids is 2. The minimum atomic E-state index is -0.716.